The number of nitrogens with zero attached hydrogens (tertiary/aromatic N) is 2. The van der Waals surface area contributed by atoms with Gasteiger partial charge in [0.25, 0.3) is 0 Å². The number of anilines is 1. The van der Waals surface area contributed by atoms with Crippen LogP contribution >= 0.6 is 0 Å². The van der Waals surface area contributed by atoms with Gasteiger partial charge in [-0.25, -0.2) is 4.98 Å². The predicted octanol–water partition coefficient (Wildman–Crippen LogP) is 2.03. The van der Waals surface area contributed by atoms with E-state index >= 15 is 0 Å². The molecule has 0 radical (unpaired) electrons. The highest BCUT2D eigenvalue weighted by molar-refractivity contribution is 5.42. The number of alkyl halides is 3. The lowest BCUT2D eigenvalue weighted by Crippen LogP contribution is -2.37. The molecule has 0 spiro atoms. The Kier molecular flexibility index (Phi) is 2.99. The minimum absolute atomic E-state index is 0.00802. The molecule has 1 aromatic heterocycles. The zero-order chi connectivity index (χ0) is 12.6. The van der Waals surface area contributed by atoms with Crippen molar-refractivity contribution in [2.75, 3.05) is 11.4 Å². The van der Waals surface area contributed by atoms with Gasteiger partial charge >= 0.3 is 6.18 Å². The fourth-order valence-electron chi connectivity index (χ4n) is 2.03. The second kappa shape index (κ2) is 4.18. The van der Waals surface area contributed by atoms with Crippen LogP contribution in [0, 0.1) is 0 Å². The van der Waals surface area contributed by atoms with E-state index in [4.69, 9.17) is 5.73 Å². The van der Waals surface area contributed by atoms with E-state index in [0.717, 1.165) is 12.5 Å². The molecule has 2 N–H and O–H groups in total. The average Bonchev–Trinajstić information content (AvgIpc) is 2.59. The molecule has 1 fully saturated rings. The van der Waals surface area contributed by atoms with Crippen LogP contribution in [-0.4, -0.2) is 23.6 Å². The highest BCUT2D eigenvalue weighted by Gasteiger charge is 2.34. The molecule has 1 saturated heterocycles. The van der Waals surface area contributed by atoms with Gasteiger partial charge in [0, 0.05) is 18.6 Å². The molecule has 2 rings (SSSR count). The number of hydrogen-bond acceptors (Lipinski definition) is 3. The topological polar surface area (TPSA) is 42.1 Å². The van der Waals surface area contributed by atoms with Gasteiger partial charge in [-0.2, -0.15) is 13.2 Å². The lowest BCUT2D eigenvalue weighted by Gasteiger charge is -2.24. The molecule has 17 heavy (non-hydrogen) atoms. The van der Waals surface area contributed by atoms with E-state index in [1.165, 1.54) is 6.07 Å². The first kappa shape index (κ1) is 12.2. The summed E-state index contributed by atoms with van der Waals surface area (Å²) >= 11 is 0. The van der Waals surface area contributed by atoms with Gasteiger partial charge in [-0.15, -0.1) is 0 Å². The Morgan fingerprint density at radius 1 is 1.41 bits per heavy atom. The van der Waals surface area contributed by atoms with E-state index in [9.17, 15) is 13.2 Å². The van der Waals surface area contributed by atoms with E-state index in [1.807, 2.05) is 11.8 Å². The van der Waals surface area contributed by atoms with Crippen molar-refractivity contribution in [3.8, 4) is 0 Å². The Morgan fingerprint density at radius 2 is 2.12 bits per heavy atom. The third-order valence-electron chi connectivity index (χ3n) is 3.13. The molecule has 1 aliphatic heterocycles. The second-order valence-corrected chi connectivity index (χ2v) is 4.27. The number of aromatic nitrogens is 1. The molecule has 0 saturated carbocycles. The van der Waals surface area contributed by atoms with Gasteiger partial charge < -0.3 is 10.6 Å². The Labute approximate surface area is 97.4 Å². The molecule has 0 aliphatic carbocycles. The van der Waals surface area contributed by atoms with Crippen molar-refractivity contribution in [2.45, 2.75) is 31.6 Å². The molecule has 2 heterocycles. The van der Waals surface area contributed by atoms with Gasteiger partial charge in [-0.1, -0.05) is 6.07 Å². The second-order valence-electron chi connectivity index (χ2n) is 4.27. The zero-order valence-corrected chi connectivity index (χ0v) is 9.41. The Balaban J connectivity index is 2.28. The summed E-state index contributed by atoms with van der Waals surface area (Å²) in [6, 6.07) is 3.95. The minimum Gasteiger partial charge on any atom is -0.352 e. The molecule has 1 aliphatic rings. The molecule has 0 aromatic carbocycles. The fraction of sp³-hybridized carbons (Fsp3) is 0.545. The minimum atomic E-state index is -4.40. The fourth-order valence-corrected chi connectivity index (χ4v) is 2.03. The number of nitrogens with two attached hydrogens (primary N) is 1. The van der Waals surface area contributed by atoms with Crippen LogP contribution in [0.5, 0.6) is 0 Å². The molecule has 3 nitrogen and oxygen atoms in total. The van der Waals surface area contributed by atoms with Gasteiger partial charge in [0.05, 0.1) is 0 Å². The van der Waals surface area contributed by atoms with Crippen LogP contribution < -0.4 is 10.6 Å². The first-order valence-corrected chi connectivity index (χ1v) is 5.46. The Hall–Kier alpha value is -1.30. The normalized spacial score (nSPS) is 25.4. The van der Waals surface area contributed by atoms with Crippen molar-refractivity contribution in [1.82, 2.24) is 4.98 Å². The van der Waals surface area contributed by atoms with Crippen molar-refractivity contribution < 1.29 is 13.2 Å². The summed E-state index contributed by atoms with van der Waals surface area (Å²) in [6.45, 7) is 2.55. The molecule has 2 atom stereocenters. The van der Waals surface area contributed by atoms with Crippen molar-refractivity contribution in [1.29, 1.82) is 0 Å². The molecule has 94 valence electrons. The van der Waals surface area contributed by atoms with Gasteiger partial charge in [0.2, 0.25) is 0 Å². The maximum absolute atomic E-state index is 12.5. The molecule has 2 unspecified atom stereocenters. The van der Waals surface area contributed by atoms with Crippen LogP contribution in [0.1, 0.15) is 19.0 Å². The summed E-state index contributed by atoms with van der Waals surface area (Å²) in [5, 5.41) is 0. The van der Waals surface area contributed by atoms with Crippen LogP contribution in [0.2, 0.25) is 0 Å². The third-order valence-corrected chi connectivity index (χ3v) is 3.13. The smallest absolute Gasteiger partial charge is 0.352 e. The zero-order valence-electron chi connectivity index (χ0n) is 9.41. The number of pyridine rings is 1. The number of halogens is 3. The molecule has 0 bridgehead atoms. The SMILES string of the molecule is CC1C(N)CCN1c1cccc(C(F)(F)F)n1. The maximum Gasteiger partial charge on any atom is 0.433 e. The van der Waals surface area contributed by atoms with E-state index in [1.54, 1.807) is 6.07 Å². The Morgan fingerprint density at radius 3 is 2.65 bits per heavy atom. The largest absolute Gasteiger partial charge is 0.433 e. The maximum atomic E-state index is 12.5. The molecular weight excluding hydrogens is 231 g/mol. The summed E-state index contributed by atoms with van der Waals surface area (Å²) in [5.74, 6) is 0.347. The monoisotopic (exact) mass is 245 g/mol. The van der Waals surface area contributed by atoms with Crippen molar-refractivity contribution in [2.24, 2.45) is 5.73 Å². The highest BCUT2D eigenvalue weighted by atomic mass is 19.4. The van der Waals surface area contributed by atoms with E-state index in [-0.39, 0.29) is 12.1 Å². The first-order chi connectivity index (χ1) is 7.89. The van der Waals surface area contributed by atoms with Crippen LogP contribution in [-0.2, 0) is 6.18 Å². The quantitative estimate of drug-likeness (QED) is 0.823. The van der Waals surface area contributed by atoms with E-state index in [0.29, 0.717) is 12.4 Å². The lowest BCUT2D eigenvalue weighted by atomic mass is 10.2. The van der Waals surface area contributed by atoms with Crippen molar-refractivity contribution >= 4 is 5.82 Å². The van der Waals surface area contributed by atoms with Crippen LogP contribution in [0.25, 0.3) is 0 Å². The van der Waals surface area contributed by atoms with Crippen molar-refractivity contribution in [3.63, 3.8) is 0 Å². The molecule has 1 aromatic rings. The third kappa shape index (κ3) is 2.36. The molecule has 6 heteroatoms. The summed E-state index contributed by atoms with van der Waals surface area (Å²) in [5.41, 5.74) is 4.98. The van der Waals surface area contributed by atoms with Crippen molar-refractivity contribution in [3.05, 3.63) is 23.9 Å². The van der Waals surface area contributed by atoms with Gasteiger partial charge in [0.15, 0.2) is 0 Å². The average molecular weight is 245 g/mol. The standard InChI is InChI=1S/C11H14F3N3/c1-7-8(15)5-6-17(7)10-4-2-3-9(16-10)11(12,13)14/h2-4,7-8H,5-6,15H2,1H3. The summed E-state index contributed by atoms with van der Waals surface area (Å²) in [7, 11) is 0. The van der Waals surface area contributed by atoms with Gasteiger partial charge in [-0.3, -0.25) is 0 Å². The number of hydrogen-bond donors (Lipinski definition) is 1. The lowest BCUT2D eigenvalue weighted by molar-refractivity contribution is -0.141. The highest BCUT2D eigenvalue weighted by Crippen LogP contribution is 2.30. The molecule has 0 amide bonds. The van der Waals surface area contributed by atoms with Crippen LogP contribution in [0.3, 0.4) is 0 Å². The van der Waals surface area contributed by atoms with Crippen LogP contribution in [0.4, 0.5) is 19.0 Å². The summed E-state index contributed by atoms with van der Waals surface area (Å²) in [4.78, 5) is 5.48. The van der Waals surface area contributed by atoms with Gasteiger partial charge in [-0.05, 0) is 25.5 Å². The van der Waals surface area contributed by atoms with E-state index < -0.39 is 11.9 Å². The van der Waals surface area contributed by atoms with Gasteiger partial charge in [0.1, 0.15) is 11.5 Å². The number of rotatable bonds is 1. The Bertz CT molecular complexity index is 405. The van der Waals surface area contributed by atoms with Crippen LogP contribution in [0.15, 0.2) is 18.2 Å². The molecular formula is C11H14F3N3. The summed E-state index contributed by atoms with van der Waals surface area (Å²) < 4.78 is 37.6. The predicted molar refractivity (Wildman–Crippen MR) is 58.6 cm³/mol. The first-order valence-electron chi connectivity index (χ1n) is 5.46. The summed E-state index contributed by atoms with van der Waals surface area (Å²) in [6.07, 6.45) is -3.62. The van der Waals surface area contributed by atoms with E-state index in [2.05, 4.69) is 4.98 Å².